The Kier molecular flexibility index (Phi) is 3.19. The van der Waals surface area contributed by atoms with Gasteiger partial charge < -0.3 is 9.64 Å². The average Bonchev–Trinajstić information content (AvgIpc) is 2.76. The molecule has 2 aliphatic rings. The molecule has 0 bridgehead atoms. The first-order chi connectivity index (χ1) is 6.40. The van der Waals surface area contributed by atoms with Crippen molar-refractivity contribution in [3.63, 3.8) is 0 Å². The first-order valence-corrected chi connectivity index (χ1v) is 5.49. The largest absolute Gasteiger partial charge is 0.362 e. The van der Waals surface area contributed by atoms with Crippen molar-refractivity contribution in [3.05, 3.63) is 0 Å². The molecule has 2 unspecified atom stereocenters. The second-order valence-corrected chi connectivity index (χ2v) is 3.97. The second-order valence-electron chi connectivity index (χ2n) is 3.97. The van der Waals surface area contributed by atoms with E-state index in [9.17, 15) is 0 Å². The van der Waals surface area contributed by atoms with Gasteiger partial charge in [0.15, 0.2) is 0 Å². The number of ether oxygens (including phenoxy) is 1. The van der Waals surface area contributed by atoms with E-state index in [1.165, 1.54) is 32.4 Å². The Labute approximate surface area is 80.4 Å². The highest BCUT2D eigenvalue weighted by molar-refractivity contribution is 4.81. The summed E-state index contributed by atoms with van der Waals surface area (Å²) in [6.45, 7) is 6.65. The highest BCUT2D eigenvalue weighted by atomic mass is 16.5. The molecule has 3 heteroatoms. The maximum Gasteiger partial charge on any atom is 0.109 e. The quantitative estimate of drug-likeness (QED) is 0.702. The van der Waals surface area contributed by atoms with Crippen molar-refractivity contribution in [2.75, 3.05) is 26.2 Å². The van der Waals surface area contributed by atoms with Gasteiger partial charge in [-0.3, -0.25) is 5.32 Å². The Morgan fingerprint density at radius 1 is 1.54 bits per heavy atom. The van der Waals surface area contributed by atoms with Gasteiger partial charge in [-0.05, 0) is 25.9 Å². The van der Waals surface area contributed by atoms with Crippen molar-refractivity contribution in [3.8, 4) is 0 Å². The third-order valence-corrected chi connectivity index (χ3v) is 3.18. The third kappa shape index (κ3) is 2.22. The third-order valence-electron chi connectivity index (χ3n) is 3.18. The molecule has 2 aliphatic heterocycles. The van der Waals surface area contributed by atoms with Gasteiger partial charge in [-0.15, -0.1) is 0 Å². The predicted molar refractivity (Wildman–Crippen MR) is 52.6 cm³/mol. The highest BCUT2D eigenvalue weighted by Gasteiger charge is 2.27. The molecule has 0 spiro atoms. The Morgan fingerprint density at radius 2 is 2.46 bits per heavy atom. The molecule has 0 aromatic heterocycles. The lowest BCUT2D eigenvalue weighted by Crippen LogP contribution is -2.35. The molecule has 2 fully saturated rings. The molecule has 2 atom stereocenters. The van der Waals surface area contributed by atoms with Crippen LogP contribution in [-0.2, 0) is 4.74 Å². The van der Waals surface area contributed by atoms with E-state index in [0.717, 1.165) is 19.2 Å². The van der Waals surface area contributed by atoms with Gasteiger partial charge in [0.2, 0.25) is 0 Å². The number of hydrogen-bond acceptors (Lipinski definition) is 3. The van der Waals surface area contributed by atoms with Crippen molar-refractivity contribution in [2.24, 2.45) is 0 Å². The minimum Gasteiger partial charge on any atom is -0.362 e. The van der Waals surface area contributed by atoms with E-state index < -0.39 is 0 Å². The van der Waals surface area contributed by atoms with Crippen LogP contribution >= 0.6 is 0 Å². The Balaban J connectivity index is 1.79. The monoisotopic (exact) mass is 184 g/mol. The fraction of sp³-hybridized carbons (Fsp3) is 1.00. The van der Waals surface area contributed by atoms with Gasteiger partial charge in [-0.1, -0.05) is 6.92 Å². The number of nitrogens with one attached hydrogen (secondary N) is 1. The van der Waals surface area contributed by atoms with Gasteiger partial charge in [0.25, 0.3) is 0 Å². The zero-order valence-electron chi connectivity index (χ0n) is 8.46. The van der Waals surface area contributed by atoms with Gasteiger partial charge >= 0.3 is 0 Å². The molecule has 1 N–H and O–H groups in total. The van der Waals surface area contributed by atoms with Crippen LogP contribution in [0, 0.1) is 0 Å². The summed E-state index contributed by atoms with van der Waals surface area (Å²) >= 11 is 0. The van der Waals surface area contributed by atoms with Crippen LogP contribution in [0.5, 0.6) is 0 Å². The van der Waals surface area contributed by atoms with Crippen LogP contribution in [0.1, 0.15) is 26.2 Å². The smallest absolute Gasteiger partial charge is 0.109 e. The number of rotatable bonds is 3. The molecule has 0 aromatic carbocycles. The summed E-state index contributed by atoms with van der Waals surface area (Å²) in [7, 11) is 0. The SMILES string of the molecule is CCN1CCCC1CC1NCCO1. The number of nitrogens with zero attached hydrogens (tertiary/aromatic N) is 1. The van der Waals surface area contributed by atoms with Gasteiger partial charge in [0.1, 0.15) is 6.23 Å². The van der Waals surface area contributed by atoms with E-state index in [1.807, 2.05) is 0 Å². The molecule has 0 aliphatic carbocycles. The lowest BCUT2D eigenvalue weighted by atomic mass is 10.1. The summed E-state index contributed by atoms with van der Waals surface area (Å²) in [6.07, 6.45) is 4.23. The minimum atomic E-state index is 0.331. The molecule has 13 heavy (non-hydrogen) atoms. The van der Waals surface area contributed by atoms with Crippen molar-refractivity contribution in [1.29, 1.82) is 0 Å². The van der Waals surface area contributed by atoms with E-state index >= 15 is 0 Å². The second kappa shape index (κ2) is 4.40. The summed E-state index contributed by atoms with van der Waals surface area (Å²) < 4.78 is 5.57. The van der Waals surface area contributed by atoms with Gasteiger partial charge in [-0.2, -0.15) is 0 Å². The van der Waals surface area contributed by atoms with E-state index in [-0.39, 0.29) is 0 Å². The minimum absolute atomic E-state index is 0.331. The molecule has 2 heterocycles. The summed E-state index contributed by atoms with van der Waals surface area (Å²) in [5.74, 6) is 0. The van der Waals surface area contributed by atoms with Crippen molar-refractivity contribution in [1.82, 2.24) is 10.2 Å². The van der Waals surface area contributed by atoms with Crippen LogP contribution < -0.4 is 5.32 Å². The molecular weight excluding hydrogens is 164 g/mol. The molecule has 0 saturated carbocycles. The maximum atomic E-state index is 5.57. The van der Waals surface area contributed by atoms with Gasteiger partial charge in [-0.25, -0.2) is 0 Å². The van der Waals surface area contributed by atoms with E-state index in [4.69, 9.17) is 4.74 Å². The molecule has 2 saturated heterocycles. The molecule has 0 amide bonds. The summed E-state index contributed by atoms with van der Waals surface area (Å²) in [5, 5.41) is 3.38. The van der Waals surface area contributed by atoms with E-state index in [1.54, 1.807) is 0 Å². The average molecular weight is 184 g/mol. The first-order valence-electron chi connectivity index (χ1n) is 5.49. The van der Waals surface area contributed by atoms with E-state index in [2.05, 4.69) is 17.1 Å². The van der Waals surface area contributed by atoms with Crippen LogP contribution in [0.15, 0.2) is 0 Å². The van der Waals surface area contributed by atoms with Crippen molar-refractivity contribution < 1.29 is 4.74 Å². The molecule has 0 radical (unpaired) electrons. The van der Waals surface area contributed by atoms with Crippen LogP contribution in [0.3, 0.4) is 0 Å². The van der Waals surface area contributed by atoms with Gasteiger partial charge in [0, 0.05) is 19.0 Å². The van der Waals surface area contributed by atoms with Crippen LogP contribution in [0.2, 0.25) is 0 Å². The normalized spacial score (nSPS) is 35.8. The molecular formula is C10H20N2O. The lowest BCUT2D eigenvalue weighted by molar-refractivity contribution is 0.0705. The predicted octanol–water partition coefficient (Wildman–Crippen LogP) is 0.807. The Hall–Kier alpha value is -0.120. The number of likely N-dealkylation sites (tertiary alicyclic amines) is 1. The molecule has 3 nitrogen and oxygen atoms in total. The van der Waals surface area contributed by atoms with Crippen molar-refractivity contribution in [2.45, 2.75) is 38.5 Å². The van der Waals surface area contributed by atoms with Gasteiger partial charge in [0.05, 0.1) is 6.61 Å². The fourth-order valence-electron chi connectivity index (χ4n) is 2.46. The summed E-state index contributed by atoms with van der Waals surface area (Å²) in [5.41, 5.74) is 0. The zero-order valence-corrected chi connectivity index (χ0v) is 8.46. The fourth-order valence-corrected chi connectivity index (χ4v) is 2.46. The summed E-state index contributed by atoms with van der Waals surface area (Å²) in [4.78, 5) is 2.57. The summed E-state index contributed by atoms with van der Waals surface area (Å²) in [6, 6.07) is 0.764. The van der Waals surface area contributed by atoms with Crippen LogP contribution in [0.25, 0.3) is 0 Å². The molecule has 2 rings (SSSR count). The first kappa shape index (κ1) is 9.44. The van der Waals surface area contributed by atoms with Crippen LogP contribution in [0.4, 0.5) is 0 Å². The Bertz CT molecular complexity index is 157. The number of hydrogen-bond donors (Lipinski definition) is 1. The highest BCUT2D eigenvalue weighted by Crippen LogP contribution is 2.21. The topological polar surface area (TPSA) is 24.5 Å². The van der Waals surface area contributed by atoms with E-state index in [0.29, 0.717) is 6.23 Å². The van der Waals surface area contributed by atoms with Crippen molar-refractivity contribution >= 4 is 0 Å². The molecule has 0 aromatic rings. The van der Waals surface area contributed by atoms with Crippen LogP contribution in [-0.4, -0.2) is 43.4 Å². The molecule has 76 valence electrons. The lowest BCUT2D eigenvalue weighted by Gasteiger charge is -2.24. The Morgan fingerprint density at radius 3 is 3.15 bits per heavy atom. The zero-order chi connectivity index (χ0) is 9.10. The standard InChI is InChI=1S/C10H20N2O/c1-2-12-6-3-4-9(12)8-10-11-5-7-13-10/h9-11H,2-8H2,1H3. The maximum absolute atomic E-state index is 5.57.